The van der Waals surface area contributed by atoms with Crippen molar-refractivity contribution in [2.24, 2.45) is 5.73 Å². The van der Waals surface area contributed by atoms with Gasteiger partial charge in [0.05, 0.1) is 0 Å². The SMILES string of the molecule is CCCN1CCCC(CN)(N(C)CCCOC)CC1. The second-order valence-corrected chi connectivity index (χ2v) is 5.89. The third-order valence-corrected chi connectivity index (χ3v) is 4.58. The Hall–Kier alpha value is -0.160. The Morgan fingerprint density at radius 3 is 2.74 bits per heavy atom. The van der Waals surface area contributed by atoms with Crippen LogP contribution in [-0.4, -0.2) is 68.8 Å². The molecule has 1 atom stereocenters. The van der Waals surface area contributed by atoms with E-state index in [1.165, 1.54) is 45.3 Å². The molecule has 0 saturated carbocycles. The zero-order chi connectivity index (χ0) is 14.1. The molecule has 1 saturated heterocycles. The lowest BCUT2D eigenvalue weighted by Crippen LogP contribution is -2.53. The van der Waals surface area contributed by atoms with Gasteiger partial charge in [0.1, 0.15) is 0 Å². The van der Waals surface area contributed by atoms with E-state index in [-0.39, 0.29) is 5.54 Å². The lowest BCUT2D eigenvalue weighted by molar-refractivity contribution is 0.0919. The predicted molar refractivity (Wildman–Crippen MR) is 81.5 cm³/mol. The maximum absolute atomic E-state index is 6.14. The summed E-state index contributed by atoms with van der Waals surface area (Å²) in [5, 5.41) is 0. The molecule has 1 fully saturated rings. The number of ether oxygens (including phenoxy) is 1. The van der Waals surface area contributed by atoms with Gasteiger partial charge in [0, 0.05) is 32.3 Å². The molecule has 1 unspecified atom stereocenters. The van der Waals surface area contributed by atoms with Crippen molar-refractivity contribution in [2.45, 2.75) is 44.6 Å². The molecule has 2 N–H and O–H groups in total. The van der Waals surface area contributed by atoms with E-state index in [0.29, 0.717) is 0 Å². The largest absolute Gasteiger partial charge is 0.385 e. The summed E-state index contributed by atoms with van der Waals surface area (Å²) in [7, 11) is 4.00. The predicted octanol–water partition coefficient (Wildman–Crippen LogP) is 1.55. The molecule has 0 bridgehead atoms. The number of rotatable bonds is 8. The van der Waals surface area contributed by atoms with Crippen LogP contribution in [0.25, 0.3) is 0 Å². The molecule has 19 heavy (non-hydrogen) atoms. The molecule has 0 aliphatic carbocycles. The van der Waals surface area contributed by atoms with Crippen LogP contribution in [0.15, 0.2) is 0 Å². The first-order valence-corrected chi connectivity index (χ1v) is 7.81. The minimum atomic E-state index is 0.205. The van der Waals surface area contributed by atoms with Crippen LogP contribution < -0.4 is 5.73 Å². The van der Waals surface area contributed by atoms with Crippen LogP contribution in [-0.2, 0) is 4.74 Å². The van der Waals surface area contributed by atoms with Crippen molar-refractivity contribution < 1.29 is 4.74 Å². The fourth-order valence-electron chi connectivity index (χ4n) is 3.20. The van der Waals surface area contributed by atoms with Gasteiger partial charge < -0.3 is 15.4 Å². The summed E-state index contributed by atoms with van der Waals surface area (Å²) in [6.07, 6.45) is 6.04. The van der Waals surface area contributed by atoms with Gasteiger partial charge in [-0.3, -0.25) is 4.90 Å². The number of nitrogens with zero attached hydrogens (tertiary/aromatic N) is 2. The third kappa shape index (κ3) is 5.03. The monoisotopic (exact) mass is 271 g/mol. The Labute approximate surface area is 119 Å². The van der Waals surface area contributed by atoms with Crippen LogP contribution in [0.2, 0.25) is 0 Å². The first-order valence-electron chi connectivity index (χ1n) is 7.81. The fourth-order valence-corrected chi connectivity index (χ4v) is 3.20. The average Bonchev–Trinajstić information content (AvgIpc) is 2.63. The van der Waals surface area contributed by atoms with Gasteiger partial charge in [-0.2, -0.15) is 0 Å². The molecular formula is C15H33N3O. The van der Waals surface area contributed by atoms with Crippen molar-refractivity contribution in [2.75, 3.05) is 53.5 Å². The standard InChI is InChI=1S/C15H33N3O/c1-4-9-18-11-5-7-15(14-16,8-12-18)17(2)10-6-13-19-3/h4-14,16H2,1-3H3. The molecular weight excluding hydrogens is 238 g/mol. The zero-order valence-corrected chi connectivity index (χ0v) is 13.2. The van der Waals surface area contributed by atoms with E-state index in [1.807, 2.05) is 0 Å². The van der Waals surface area contributed by atoms with Gasteiger partial charge in [-0.15, -0.1) is 0 Å². The van der Waals surface area contributed by atoms with Gasteiger partial charge in [-0.25, -0.2) is 0 Å². The lowest BCUT2D eigenvalue weighted by atomic mass is 9.88. The van der Waals surface area contributed by atoms with Crippen LogP contribution in [0.1, 0.15) is 39.0 Å². The molecule has 4 nitrogen and oxygen atoms in total. The first-order chi connectivity index (χ1) is 9.18. The summed E-state index contributed by atoms with van der Waals surface area (Å²) < 4.78 is 5.15. The number of likely N-dealkylation sites (N-methyl/N-ethyl adjacent to an activating group) is 1. The summed E-state index contributed by atoms with van der Waals surface area (Å²) in [5.41, 5.74) is 6.35. The summed E-state index contributed by atoms with van der Waals surface area (Å²) in [6, 6.07) is 0. The minimum Gasteiger partial charge on any atom is -0.385 e. The first kappa shape index (κ1) is 16.9. The number of likely N-dealkylation sites (tertiary alicyclic amines) is 1. The molecule has 1 aliphatic heterocycles. The number of hydrogen-bond donors (Lipinski definition) is 1. The lowest BCUT2D eigenvalue weighted by Gasteiger charge is -2.41. The Kier molecular flexibility index (Phi) is 7.91. The van der Waals surface area contributed by atoms with Crippen molar-refractivity contribution in [1.82, 2.24) is 9.80 Å². The maximum atomic E-state index is 6.14. The quantitative estimate of drug-likeness (QED) is 0.680. The second kappa shape index (κ2) is 8.90. The molecule has 1 rings (SSSR count). The van der Waals surface area contributed by atoms with Crippen molar-refractivity contribution >= 4 is 0 Å². The van der Waals surface area contributed by atoms with Gasteiger partial charge >= 0.3 is 0 Å². The van der Waals surface area contributed by atoms with E-state index < -0.39 is 0 Å². The summed E-state index contributed by atoms with van der Waals surface area (Å²) >= 11 is 0. The highest BCUT2D eigenvalue weighted by Gasteiger charge is 2.34. The highest BCUT2D eigenvalue weighted by molar-refractivity contribution is 4.93. The van der Waals surface area contributed by atoms with Gasteiger partial charge in [0.15, 0.2) is 0 Å². The summed E-state index contributed by atoms with van der Waals surface area (Å²) in [6.45, 7) is 8.62. The second-order valence-electron chi connectivity index (χ2n) is 5.89. The molecule has 0 aromatic rings. The van der Waals surface area contributed by atoms with Gasteiger partial charge in [-0.1, -0.05) is 6.92 Å². The smallest absolute Gasteiger partial charge is 0.0474 e. The fraction of sp³-hybridized carbons (Fsp3) is 1.00. The molecule has 1 heterocycles. The molecule has 114 valence electrons. The number of hydrogen-bond acceptors (Lipinski definition) is 4. The van der Waals surface area contributed by atoms with E-state index in [4.69, 9.17) is 10.5 Å². The normalized spacial score (nSPS) is 25.7. The van der Waals surface area contributed by atoms with Gasteiger partial charge in [-0.05, 0) is 58.8 Å². The van der Waals surface area contributed by atoms with E-state index >= 15 is 0 Å². The van der Waals surface area contributed by atoms with Crippen LogP contribution in [0.3, 0.4) is 0 Å². The third-order valence-electron chi connectivity index (χ3n) is 4.58. The highest BCUT2D eigenvalue weighted by atomic mass is 16.5. The summed E-state index contributed by atoms with van der Waals surface area (Å²) in [5.74, 6) is 0. The Morgan fingerprint density at radius 2 is 2.11 bits per heavy atom. The van der Waals surface area contributed by atoms with E-state index in [9.17, 15) is 0 Å². The van der Waals surface area contributed by atoms with Crippen LogP contribution in [0.5, 0.6) is 0 Å². The van der Waals surface area contributed by atoms with E-state index in [0.717, 1.165) is 26.1 Å². The van der Waals surface area contributed by atoms with Crippen LogP contribution in [0.4, 0.5) is 0 Å². The average molecular weight is 271 g/mol. The van der Waals surface area contributed by atoms with E-state index in [1.54, 1.807) is 7.11 Å². The van der Waals surface area contributed by atoms with Crippen LogP contribution >= 0.6 is 0 Å². The van der Waals surface area contributed by atoms with Gasteiger partial charge in [0.2, 0.25) is 0 Å². The van der Waals surface area contributed by atoms with Crippen LogP contribution in [0, 0.1) is 0 Å². The zero-order valence-electron chi connectivity index (χ0n) is 13.2. The Balaban J connectivity index is 2.53. The van der Waals surface area contributed by atoms with Crippen molar-refractivity contribution in [3.8, 4) is 0 Å². The Morgan fingerprint density at radius 1 is 1.32 bits per heavy atom. The molecule has 1 aliphatic rings. The molecule has 0 aromatic heterocycles. The van der Waals surface area contributed by atoms with Crippen molar-refractivity contribution in [3.63, 3.8) is 0 Å². The van der Waals surface area contributed by atoms with E-state index in [2.05, 4.69) is 23.8 Å². The van der Waals surface area contributed by atoms with Crippen molar-refractivity contribution in [1.29, 1.82) is 0 Å². The maximum Gasteiger partial charge on any atom is 0.0474 e. The molecule has 0 spiro atoms. The molecule has 0 aromatic carbocycles. The van der Waals surface area contributed by atoms with Crippen molar-refractivity contribution in [3.05, 3.63) is 0 Å². The molecule has 4 heteroatoms. The minimum absolute atomic E-state index is 0.205. The Bertz CT molecular complexity index is 237. The summed E-state index contributed by atoms with van der Waals surface area (Å²) in [4.78, 5) is 5.09. The van der Waals surface area contributed by atoms with Gasteiger partial charge in [0.25, 0.3) is 0 Å². The molecule has 0 amide bonds. The topological polar surface area (TPSA) is 41.7 Å². The highest BCUT2D eigenvalue weighted by Crippen LogP contribution is 2.27. The number of methoxy groups -OCH3 is 1. The number of nitrogens with two attached hydrogens (primary N) is 1. The molecule has 0 radical (unpaired) electrons.